The molecule has 4 aromatic rings. The number of nitrogens with zero attached hydrogens (tertiary/aromatic N) is 4. The molecule has 152 valence electrons. The van der Waals surface area contributed by atoms with Gasteiger partial charge in [0.25, 0.3) is 11.4 Å². The molecule has 0 spiro atoms. The van der Waals surface area contributed by atoms with Crippen molar-refractivity contribution in [2.75, 3.05) is 5.32 Å². The molecule has 0 aliphatic rings. The van der Waals surface area contributed by atoms with Gasteiger partial charge < -0.3 is 5.32 Å². The maximum atomic E-state index is 11.6. The number of nitrogens with one attached hydrogen (secondary N) is 1. The summed E-state index contributed by atoms with van der Waals surface area (Å²) in [7, 11) is 0. The van der Waals surface area contributed by atoms with Crippen LogP contribution in [0.25, 0.3) is 10.8 Å². The molecule has 0 aliphatic carbocycles. The van der Waals surface area contributed by atoms with Crippen molar-refractivity contribution in [3.63, 3.8) is 0 Å². The van der Waals surface area contributed by atoms with Crippen molar-refractivity contribution in [3.05, 3.63) is 105 Å². The van der Waals surface area contributed by atoms with Crippen LogP contribution >= 0.6 is 0 Å². The first-order chi connectivity index (χ1) is 15.0. The molecule has 0 aliphatic heterocycles. The Kier molecular flexibility index (Phi) is 5.31. The van der Waals surface area contributed by atoms with Crippen LogP contribution in [-0.4, -0.2) is 9.85 Å². The zero-order valence-electron chi connectivity index (χ0n) is 16.0. The Hall–Kier alpha value is -4.66. The van der Waals surface area contributed by atoms with E-state index in [1.165, 1.54) is 0 Å². The number of azo groups is 1. The molecule has 4 rings (SSSR count). The molecule has 31 heavy (non-hydrogen) atoms. The standard InChI is InChI=1S/C22H15N5O4/c28-26(29)20-14-21(27(30)31)22(19-9-5-4-8-18(19)20)23-15-10-12-17(13-11-15)25-24-16-6-2-1-3-7-16/h1-14,23H. The number of benzene rings is 4. The summed E-state index contributed by atoms with van der Waals surface area (Å²) in [6.07, 6.45) is 0. The third kappa shape index (κ3) is 4.20. The molecule has 0 radical (unpaired) electrons. The number of hydrogen-bond donors (Lipinski definition) is 1. The van der Waals surface area contributed by atoms with Crippen LogP contribution in [0.15, 0.2) is 95.2 Å². The Morgan fingerprint density at radius 1 is 0.645 bits per heavy atom. The Labute approximate surface area is 176 Å². The van der Waals surface area contributed by atoms with Crippen molar-refractivity contribution in [3.8, 4) is 0 Å². The van der Waals surface area contributed by atoms with Gasteiger partial charge in [0.05, 0.1) is 32.7 Å². The van der Waals surface area contributed by atoms with Gasteiger partial charge in [0.2, 0.25) is 0 Å². The van der Waals surface area contributed by atoms with Gasteiger partial charge in [0.1, 0.15) is 5.69 Å². The molecule has 0 atom stereocenters. The monoisotopic (exact) mass is 413 g/mol. The lowest BCUT2D eigenvalue weighted by Crippen LogP contribution is -2.00. The summed E-state index contributed by atoms with van der Waals surface area (Å²) in [5.41, 5.74) is 1.39. The maximum Gasteiger partial charge on any atom is 0.300 e. The minimum Gasteiger partial charge on any atom is -0.349 e. The van der Waals surface area contributed by atoms with Crippen LogP contribution in [0.4, 0.5) is 34.1 Å². The molecule has 0 unspecified atom stereocenters. The summed E-state index contributed by atoms with van der Waals surface area (Å²) in [4.78, 5) is 21.8. The van der Waals surface area contributed by atoms with E-state index in [1.807, 2.05) is 30.3 Å². The van der Waals surface area contributed by atoms with Crippen LogP contribution in [0.3, 0.4) is 0 Å². The van der Waals surface area contributed by atoms with Gasteiger partial charge in [-0.25, -0.2) is 0 Å². The number of hydrogen-bond acceptors (Lipinski definition) is 7. The van der Waals surface area contributed by atoms with Gasteiger partial charge in [-0.3, -0.25) is 20.2 Å². The highest BCUT2D eigenvalue weighted by Crippen LogP contribution is 2.40. The Balaban J connectivity index is 1.69. The minimum absolute atomic E-state index is 0.185. The smallest absolute Gasteiger partial charge is 0.300 e. The highest BCUT2D eigenvalue weighted by atomic mass is 16.6. The van der Waals surface area contributed by atoms with Crippen LogP contribution in [-0.2, 0) is 0 Å². The summed E-state index contributed by atoms with van der Waals surface area (Å²) in [5, 5.41) is 35.1. The van der Waals surface area contributed by atoms with Crippen LogP contribution in [0.2, 0.25) is 0 Å². The lowest BCUT2D eigenvalue weighted by atomic mass is 10.0. The molecule has 0 amide bonds. The number of rotatable bonds is 6. The number of anilines is 2. The van der Waals surface area contributed by atoms with E-state index in [0.717, 1.165) is 11.8 Å². The van der Waals surface area contributed by atoms with Gasteiger partial charge in [-0.2, -0.15) is 10.2 Å². The SMILES string of the molecule is O=[N+]([O-])c1cc([N+](=O)[O-])c2ccccc2c1Nc1ccc(N=Nc2ccccc2)cc1. The number of nitro benzene ring substituents is 2. The fourth-order valence-corrected chi connectivity index (χ4v) is 3.13. The number of nitro groups is 2. The Morgan fingerprint density at radius 3 is 1.81 bits per heavy atom. The van der Waals surface area contributed by atoms with Crippen molar-refractivity contribution in [2.45, 2.75) is 0 Å². The summed E-state index contributed by atoms with van der Waals surface area (Å²) in [5.74, 6) is 0. The van der Waals surface area contributed by atoms with E-state index in [-0.39, 0.29) is 17.1 Å². The van der Waals surface area contributed by atoms with Crippen molar-refractivity contribution in [1.29, 1.82) is 0 Å². The van der Waals surface area contributed by atoms with Crippen molar-refractivity contribution < 1.29 is 9.85 Å². The molecule has 0 saturated carbocycles. The fraction of sp³-hybridized carbons (Fsp3) is 0. The van der Waals surface area contributed by atoms with E-state index in [4.69, 9.17) is 0 Å². The van der Waals surface area contributed by atoms with E-state index < -0.39 is 9.85 Å². The lowest BCUT2D eigenvalue weighted by Gasteiger charge is -2.11. The maximum absolute atomic E-state index is 11.6. The third-order valence-corrected chi connectivity index (χ3v) is 4.57. The first-order valence-corrected chi connectivity index (χ1v) is 9.21. The number of fused-ring (bicyclic) bond motifs is 1. The van der Waals surface area contributed by atoms with Crippen LogP contribution < -0.4 is 5.32 Å². The van der Waals surface area contributed by atoms with Gasteiger partial charge in [-0.05, 0) is 42.5 Å². The van der Waals surface area contributed by atoms with Gasteiger partial charge >= 0.3 is 0 Å². The van der Waals surface area contributed by atoms with E-state index in [2.05, 4.69) is 15.5 Å². The summed E-state index contributed by atoms with van der Waals surface area (Å²) < 4.78 is 0. The van der Waals surface area contributed by atoms with E-state index in [9.17, 15) is 20.2 Å². The zero-order valence-corrected chi connectivity index (χ0v) is 16.0. The molecule has 0 saturated heterocycles. The highest BCUT2D eigenvalue weighted by Gasteiger charge is 2.25. The molecule has 0 fully saturated rings. The second-order valence-electron chi connectivity index (χ2n) is 6.56. The van der Waals surface area contributed by atoms with Gasteiger partial charge in [-0.1, -0.05) is 36.4 Å². The third-order valence-electron chi connectivity index (χ3n) is 4.57. The first kappa shape index (κ1) is 19.6. The lowest BCUT2D eigenvalue weighted by molar-refractivity contribution is -0.392. The van der Waals surface area contributed by atoms with E-state index in [0.29, 0.717) is 22.1 Å². The molecule has 9 heteroatoms. The summed E-state index contributed by atoms with van der Waals surface area (Å²) in [6.45, 7) is 0. The summed E-state index contributed by atoms with van der Waals surface area (Å²) >= 11 is 0. The van der Waals surface area contributed by atoms with E-state index in [1.54, 1.807) is 48.5 Å². The molecule has 0 bridgehead atoms. The Morgan fingerprint density at radius 2 is 1.19 bits per heavy atom. The van der Waals surface area contributed by atoms with Crippen molar-refractivity contribution in [1.82, 2.24) is 0 Å². The molecule has 1 N–H and O–H groups in total. The highest BCUT2D eigenvalue weighted by molar-refractivity contribution is 6.05. The largest absolute Gasteiger partial charge is 0.349 e. The minimum atomic E-state index is -0.635. The Bertz CT molecular complexity index is 1310. The molecule has 0 heterocycles. The van der Waals surface area contributed by atoms with Gasteiger partial charge in [0.15, 0.2) is 0 Å². The fourth-order valence-electron chi connectivity index (χ4n) is 3.13. The first-order valence-electron chi connectivity index (χ1n) is 9.21. The van der Waals surface area contributed by atoms with Crippen LogP contribution in [0.1, 0.15) is 0 Å². The molecule has 0 aromatic heterocycles. The van der Waals surface area contributed by atoms with Crippen molar-refractivity contribution in [2.24, 2.45) is 10.2 Å². The van der Waals surface area contributed by atoms with E-state index >= 15 is 0 Å². The quantitative estimate of drug-likeness (QED) is 0.211. The number of non-ortho nitro benzene ring substituents is 1. The predicted octanol–water partition coefficient (Wildman–Crippen LogP) is 6.82. The predicted molar refractivity (Wildman–Crippen MR) is 118 cm³/mol. The second kappa shape index (κ2) is 8.37. The molecule has 4 aromatic carbocycles. The van der Waals surface area contributed by atoms with Gasteiger partial charge in [0, 0.05) is 11.1 Å². The molecular formula is C22H15N5O4. The molecule has 9 nitrogen and oxygen atoms in total. The van der Waals surface area contributed by atoms with Crippen LogP contribution in [0, 0.1) is 20.2 Å². The van der Waals surface area contributed by atoms with Crippen molar-refractivity contribution >= 4 is 44.9 Å². The summed E-state index contributed by atoms with van der Waals surface area (Å²) in [6, 6.07) is 23.6. The van der Waals surface area contributed by atoms with Crippen LogP contribution in [0.5, 0.6) is 0 Å². The normalized spacial score (nSPS) is 11.0. The average Bonchev–Trinajstić information content (AvgIpc) is 2.79. The zero-order chi connectivity index (χ0) is 21.8. The second-order valence-corrected chi connectivity index (χ2v) is 6.56. The van der Waals surface area contributed by atoms with Gasteiger partial charge in [-0.15, -0.1) is 0 Å². The average molecular weight is 413 g/mol. The topological polar surface area (TPSA) is 123 Å². The molecular weight excluding hydrogens is 398 g/mol.